The number of amides is 1. The van der Waals surface area contributed by atoms with Crippen LogP contribution in [0.25, 0.3) is 6.08 Å². The van der Waals surface area contributed by atoms with Crippen molar-refractivity contribution < 1.29 is 9.53 Å². The predicted molar refractivity (Wildman–Crippen MR) is 132 cm³/mol. The number of ether oxygens (including phenoxy) is 1. The summed E-state index contributed by atoms with van der Waals surface area (Å²) in [4.78, 5) is 23.7. The van der Waals surface area contributed by atoms with Crippen LogP contribution in [0, 0.1) is 0 Å². The van der Waals surface area contributed by atoms with Gasteiger partial charge in [-0.05, 0) is 72.3 Å². The maximum atomic E-state index is 12.8. The first-order valence-corrected chi connectivity index (χ1v) is 11.5. The number of carbonyl (C=O) groups excluding carboxylic acids is 1. The molecule has 0 N–H and O–H groups in total. The van der Waals surface area contributed by atoms with E-state index in [1.807, 2.05) is 61.5 Å². The molecule has 1 saturated heterocycles. The van der Waals surface area contributed by atoms with E-state index in [2.05, 4.69) is 9.98 Å². The van der Waals surface area contributed by atoms with Crippen molar-refractivity contribution in [1.82, 2.24) is 9.88 Å². The second-order valence-electron chi connectivity index (χ2n) is 6.85. The molecule has 0 bridgehead atoms. The zero-order chi connectivity index (χ0) is 22.5. The molecule has 0 spiro atoms. The fraction of sp³-hybridized carbons (Fsp3) is 0.125. The van der Waals surface area contributed by atoms with Crippen LogP contribution in [0.4, 0.5) is 5.69 Å². The number of benzene rings is 2. The van der Waals surface area contributed by atoms with E-state index in [0.29, 0.717) is 39.1 Å². The highest BCUT2D eigenvalue weighted by atomic mass is 35.5. The molecule has 0 atom stereocenters. The summed E-state index contributed by atoms with van der Waals surface area (Å²) in [5, 5.41) is 1.58. The smallest absolute Gasteiger partial charge is 0.266 e. The maximum Gasteiger partial charge on any atom is 0.266 e. The normalized spacial score (nSPS) is 16.2. The van der Waals surface area contributed by atoms with Crippen LogP contribution in [0.15, 0.2) is 76.8 Å². The number of pyridine rings is 1. The summed E-state index contributed by atoms with van der Waals surface area (Å²) in [7, 11) is 0. The molecular formula is C24H19Cl2N3O2S. The summed E-state index contributed by atoms with van der Waals surface area (Å²) in [5.41, 5.74) is 2.47. The standard InChI is InChI=1S/C24H19Cl2N3O2S/c1-2-29-23(30)21(32-24(29)28-20-4-3-13-27-22(20)26)14-16-7-11-19(12-8-16)31-15-17-5-9-18(25)10-6-17/h3-14H,2,15H2,1H3/b21-14-,28-24?. The van der Waals surface area contributed by atoms with Gasteiger partial charge in [0.15, 0.2) is 10.3 Å². The molecular weight excluding hydrogens is 465 g/mol. The fourth-order valence-corrected chi connectivity index (χ4v) is 4.34. The third-order valence-corrected chi connectivity index (χ3v) is 6.21. The van der Waals surface area contributed by atoms with Crippen LogP contribution in [0.3, 0.4) is 0 Å². The van der Waals surface area contributed by atoms with Crippen molar-refractivity contribution in [3.63, 3.8) is 0 Å². The molecule has 1 aliphatic rings. The Morgan fingerprint density at radius 2 is 1.84 bits per heavy atom. The molecule has 5 nitrogen and oxygen atoms in total. The number of thioether (sulfide) groups is 1. The van der Waals surface area contributed by atoms with Crippen molar-refractivity contribution in [2.24, 2.45) is 4.99 Å². The third-order valence-electron chi connectivity index (χ3n) is 4.66. The Bertz CT molecular complexity index is 1180. The second kappa shape index (κ2) is 10.2. The van der Waals surface area contributed by atoms with E-state index in [0.717, 1.165) is 16.9 Å². The van der Waals surface area contributed by atoms with Gasteiger partial charge in [0.25, 0.3) is 5.91 Å². The lowest BCUT2D eigenvalue weighted by molar-refractivity contribution is -0.122. The summed E-state index contributed by atoms with van der Waals surface area (Å²) in [6.07, 6.45) is 3.46. The van der Waals surface area contributed by atoms with Gasteiger partial charge >= 0.3 is 0 Å². The molecule has 162 valence electrons. The molecule has 0 unspecified atom stereocenters. The molecule has 1 aromatic heterocycles. The number of likely N-dealkylation sites (N-methyl/N-ethyl adjacent to an activating group) is 1. The maximum absolute atomic E-state index is 12.8. The Labute approximate surface area is 200 Å². The van der Waals surface area contributed by atoms with Crippen LogP contribution in [-0.4, -0.2) is 27.5 Å². The fourth-order valence-electron chi connectivity index (χ4n) is 2.99. The predicted octanol–water partition coefficient (Wildman–Crippen LogP) is 6.59. The van der Waals surface area contributed by atoms with E-state index in [1.54, 1.807) is 23.2 Å². The van der Waals surface area contributed by atoms with Crippen LogP contribution in [0.5, 0.6) is 5.75 Å². The van der Waals surface area contributed by atoms with Gasteiger partial charge in [-0.15, -0.1) is 0 Å². The van der Waals surface area contributed by atoms with Crippen LogP contribution in [0.1, 0.15) is 18.1 Å². The summed E-state index contributed by atoms with van der Waals surface area (Å²) in [6.45, 7) is 2.88. The number of aliphatic imine (C=N–C) groups is 1. The van der Waals surface area contributed by atoms with Crippen molar-refractivity contribution >= 4 is 57.8 Å². The molecule has 2 heterocycles. The van der Waals surface area contributed by atoms with Crippen LogP contribution < -0.4 is 4.74 Å². The number of aromatic nitrogens is 1. The lowest BCUT2D eigenvalue weighted by Crippen LogP contribution is -2.28. The summed E-state index contributed by atoms with van der Waals surface area (Å²) < 4.78 is 5.83. The highest BCUT2D eigenvalue weighted by molar-refractivity contribution is 8.18. The second-order valence-corrected chi connectivity index (χ2v) is 8.66. The minimum Gasteiger partial charge on any atom is -0.489 e. The number of hydrogen-bond donors (Lipinski definition) is 0. The van der Waals surface area contributed by atoms with Gasteiger partial charge in [-0.3, -0.25) is 9.69 Å². The first-order valence-electron chi connectivity index (χ1n) is 9.91. The first kappa shape index (κ1) is 22.4. The first-order chi connectivity index (χ1) is 15.5. The minimum absolute atomic E-state index is 0.0840. The number of carbonyl (C=O) groups is 1. The molecule has 2 aromatic carbocycles. The van der Waals surface area contributed by atoms with Gasteiger partial charge in [-0.1, -0.05) is 47.5 Å². The molecule has 1 amide bonds. The number of nitrogens with zero attached hydrogens (tertiary/aromatic N) is 3. The van der Waals surface area contributed by atoms with E-state index in [9.17, 15) is 4.79 Å². The summed E-state index contributed by atoms with van der Waals surface area (Å²) >= 11 is 13.4. The zero-order valence-electron chi connectivity index (χ0n) is 17.2. The van der Waals surface area contributed by atoms with Crippen molar-refractivity contribution in [2.75, 3.05) is 6.54 Å². The summed E-state index contributed by atoms with van der Waals surface area (Å²) in [5.74, 6) is 0.662. The number of halogens is 2. The Balaban J connectivity index is 1.47. The molecule has 4 rings (SSSR count). The summed E-state index contributed by atoms with van der Waals surface area (Å²) in [6, 6.07) is 18.7. The van der Waals surface area contributed by atoms with Gasteiger partial charge in [0.1, 0.15) is 18.0 Å². The third kappa shape index (κ3) is 5.33. The van der Waals surface area contributed by atoms with Gasteiger partial charge in [0, 0.05) is 17.8 Å². The average molecular weight is 484 g/mol. The van der Waals surface area contributed by atoms with Gasteiger partial charge in [-0.25, -0.2) is 9.98 Å². The highest BCUT2D eigenvalue weighted by Gasteiger charge is 2.32. The molecule has 32 heavy (non-hydrogen) atoms. The van der Waals surface area contributed by atoms with Gasteiger partial charge < -0.3 is 4.74 Å². The van der Waals surface area contributed by atoms with Gasteiger partial charge in [-0.2, -0.15) is 0 Å². The van der Waals surface area contributed by atoms with Crippen molar-refractivity contribution in [1.29, 1.82) is 0 Å². The molecule has 0 saturated carbocycles. The lowest BCUT2D eigenvalue weighted by Gasteiger charge is -2.12. The molecule has 8 heteroatoms. The van der Waals surface area contributed by atoms with Gasteiger partial charge in [0.05, 0.1) is 4.91 Å². The van der Waals surface area contributed by atoms with Crippen molar-refractivity contribution in [3.05, 3.63) is 93.1 Å². The highest BCUT2D eigenvalue weighted by Crippen LogP contribution is 2.35. The quantitative estimate of drug-likeness (QED) is 0.293. The number of rotatable bonds is 6. The minimum atomic E-state index is -0.0840. The van der Waals surface area contributed by atoms with Crippen LogP contribution in [0.2, 0.25) is 10.2 Å². The number of amidine groups is 1. The Kier molecular flexibility index (Phi) is 7.15. The number of hydrogen-bond acceptors (Lipinski definition) is 5. The van der Waals surface area contributed by atoms with E-state index in [4.69, 9.17) is 27.9 Å². The Hall–Kier alpha value is -2.80. The molecule has 1 aliphatic heterocycles. The Morgan fingerprint density at radius 1 is 1.09 bits per heavy atom. The lowest BCUT2D eigenvalue weighted by atomic mass is 10.2. The van der Waals surface area contributed by atoms with Gasteiger partial charge in [0.2, 0.25) is 0 Å². The topological polar surface area (TPSA) is 54.8 Å². The molecule has 0 aliphatic carbocycles. The van der Waals surface area contributed by atoms with E-state index >= 15 is 0 Å². The molecule has 3 aromatic rings. The Morgan fingerprint density at radius 3 is 2.53 bits per heavy atom. The van der Waals surface area contributed by atoms with Crippen LogP contribution >= 0.6 is 35.0 Å². The molecule has 0 radical (unpaired) electrons. The zero-order valence-corrected chi connectivity index (χ0v) is 19.5. The van der Waals surface area contributed by atoms with E-state index in [-0.39, 0.29) is 5.91 Å². The monoisotopic (exact) mass is 483 g/mol. The van der Waals surface area contributed by atoms with E-state index < -0.39 is 0 Å². The largest absolute Gasteiger partial charge is 0.489 e. The average Bonchev–Trinajstić information content (AvgIpc) is 3.09. The SMILES string of the molecule is CCN1C(=O)/C(=C/c2ccc(OCc3ccc(Cl)cc3)cc2)SC1=Nc1cccnc1Cl. The van der Waals surface area contributed by atoms with Crippen LogP contribution in [-0.2, 0) is 11.4 Å². The van der Waals surface area contributed by atoms with E-state index in [1.165, 1.54) is 11.8 Å². The molecule has 1 fully saturated rings. The van der Waals surface area contributed by atoms with Crippen molar-refractivity contribution in [2.45, 2.75) is 13.5 Å². The van der Waals surface area contributed by atoms with Crippen molar-refractivity contribution in [3.8, 4) is 5.75 Å².